The molecule has 1 aliphatic rings. The minimum absolute atomic E-state index is 0.0826. The van der Waals surface area contributed by atoms with Crippen LogP contribution in [-0.2, 0) is 33.3 Å². The lowest BCUT2D eigenvalue weighted by molar-refractivity contribution is -0.331. The smallest absolute Gasteiger partial charge is 0.383 e. The van der Waals surface area contributed by atoms with Crippen LogP contribution in [0, 0.1) is 0 Å². The molecule has 1 aliphatic heterocycles. The van der Waals surface area contributed by atoms with Crippen molar-refractivity contribution in [3.05, 3.63) is 38.0 Å². The highest BCUT2D eigenvalue weighted by Gasteiger charge is 2.58. The van der Waals surface area contributed by atoms with Gasteiger partial charge in [0.1, 0.15) is 0 Å². The van der Waals surface area contributed by atoms with Crippen molar-refractivity contribution in [2.24, 2.45) is 0 Å². The third-order valence-electron chi connectivity index (χ3n) is 1.96. The second kappa shape index (κ2) is 5.96. The Morgan fingerprint density at radius 2 is 1.26 bits per heavy atom. The van der Waals surface area contributed by atoms with Gasteiger partial charge in [-0.3, -0.25) is 0 Å². The van der Waals surface area contributed by atoms with Gasteiger partial charge in [-0.1, -0.05) is 19.7 Å². The van der Waals surface area contributed by atoms with Gasteiger partial charge in [0.2, 0.25) is 6.10 Å². The number of carbonyl (C=O) groups excluding carboxylic acids is 3. The van der Waals surface area contributed by atoms with E-state index in [1.807, 2.05) is 0 Å². The Morgan fingerprint density at radius 1 is 0.947 bits per heavy atom. The lowest BCUT2D eigenvalue weighted by atomic mass is 10.4. The Hall–Kier alpha value is -2.41. The maximum Gasteiger partial charge on any atom is 0.454 e. The number of rotatable bonds is 7. The van der Waals surface area contributed by atoms with E-state index in [1.54, 1.807) is 0 Å². The van der Waals surface area contributed by atoms with Crippen molar-refractivity contribution < 1.29 is 33.3 Å². The molecule has 7 heteroatoms. The maximum atomic E-state index is 11.3. The molecule has 0 saturated carbocycles. The SMILES string of the molecule is C=CC(=O)OC(OC(=O)C=C)(OC(=O)C=C)C1CO1. The summed E-state index contributed by atoms with van der Waals surface area (Å²) in [5.74, 6) is -5.17. The van der Waals surface area contributed by atoms with Gasteiger partial charge in [-0.15, -0.1) is 0 Å². The molecule has 0 aromatic carbocycles. The van der Waals surface area contributed by atoms with Crippen LogP contribution in [0.5, 0.6) is 0 Å². The van der Waals surface area contributed by atoms with Crippen LogP contribution in [0.3, 0.4) is 0 Å². The summed E-state index contributed by atoms with van der Waals surface area (Å²) >= 11 is 0. The van der Waals surface area contributed by atoms with Crippen molar-refractivity contribution >= 4 is 17.9 Å². The number of hydrogen-bond donors (Lipinski definition) is 0. The van der Waals surface area contributed by atoms with E-state index in [4.69, 9.17) is 18.9 Å². The van der Waals surface area contributed by atoms with Crippen LogP contribution < -0.4 is 0 Å². The van der Waals surface area contributed by atoms with E-state index >= 15 is 0 Å². The van der Waals surface area contributed by atoms with Crippen LogP contribution in [-0.4, -0.2) is 36.6 Å². The van der Waals surface area contributed by atoms with Crippen molar-refractivity contribution in [2.75, 3.05) is 6.61 Å². The van der Waals surface area contributed by atoms with Crippen molar-refractivity contribution in [3.63, 3.8) is 0 Å². The Kier molecular flexibility index (Phi) is 4.60. The maximum absolute atomic E-state index is 11.3. The topological polar surface area (TPSA) is 91.4 Å². The van der Waals surface area contributed by atoms with Crippen LogP contribution in [0.15, 0.2) is 38.0 Å². The van der Waals surface area contributed by atoms with Gasteiger partial charge in [-0.25, -0.2) is 14.4 Å². The van der Waals surface area contributed by atoms with Crippen molar-refractivity contribution in [2.45, 2.75) is 12.1 Å². The third-order valence-corrected chi connectivity index (χ3v) is 1.96. The van der Waals surface area contributed by atoms with Gasteiger partial charge in [-0.2, -0.15) is 0 Å². The average Bonchev–Trinajstić information content (AvgIpc) is 3.22. The summed E-state index contributed by atoms with van der Waals surface area (Å²) in [5.41, 5.74) is 0. The van der Waals surface area contributed by atoms with Gasteiger partial charge in [0, 0.05) is 18.2 Å². The number of esters is 3. The quantitative estimate of drug-likeness (QED) is 0.282. The predicted octanol–water partition coefficient (Wildman–Crippen LogP) is 0.227. The molecule has 19 heavy (non-hydrogen) atoms. The molecule has 0 aromatic rings. The Morgan fingerprint density at radius 3 is 1.47 bits per heavy atom. The molecule has 0 bridgehead atoms. The highest BCUT2D eigenvalue weighted by molar-refractivity contribution is 5.85. The summed E-state index contributed by atoms with van der Waals surface area (Å²) < 4.78 is 19.3. The molecule has 0 aliphatic carbocycles. The molecule has 102 valence electrons. The normalized spacial score (nSPS) is 16.7. The number of hydrogen-bond acceptors (Lipinski definition) is 7. The van der Waals surface area contributed by atoms with Crippen LogP contribution in [0.25, 0.3) is 0 Å². The largest absolute Gasteiger partial charge is 0.454 e. The standard InChI is InChI=1S/C12H12O7/c1-4-9(13)17-12(8-7-16-8,18-10(14)5-2)19-11(15)6-3/h4-6,8H,1-3,7H2. The Bertz CT molecular complexity index is 378. The molecule has 0 spiro atoms. The van der Waals surface area contributed by atoms with Gasteiger partial charge < -0.3 is 18.9 Å². The highest BCUT2D eigenvalue weighted by atomic mass is 16.9. The van der Waals surface area contributed by atoms with Gasteiger partial charge >= 0.3 is 23.9 Å². The predicted molar refractivity (Wildman–Crippen MR) is 61.3 cm³/mol. The Labute approximate surface area is 109 Å². The zero-order valence-corrected chi connectivity index (χ0v) is 10.00. The zero-order valence-electron chi connectivity index (χ0n) is 10.00. The van der Waals surface area contributed by atoms with Crippen LogP contribution in [0.4, 0.5) is 0 Å². The molecular weight excluding hydrogens is 256 g/mol. The fourth-order valence-corrected chi connectivity index (χ4v) is 1.06. The van der Waals surface area contributed by atoms with Crippen LogP contribution in [0.2, 0.25) is 0 Å². The molecular formula is C12H12O7. The highest BCUT2D eigenvalue weighted by Crippen LogP contribution is 2.32. The molecule has 1 fully saturated rings. The molecule has 1 rings (SSSR count). The Balaban J connectivity index is 3.00. The third kappa shape index (κ3) is 3.78. The minimum Gasteiger partial charge on any atom is -0.383 e. The van der Waals surface area contributed by atoms with Crippen LogP contribution >= 0.6 is 0 Å². The molecule has 0 radical (unpaired) electrons. The lowest BCUT2D eigenvalue weighted by Crippen LogP contribution is -2.48. The van der Waals surface area contributed by atoms with E-state index in [1.165, 1.54) is 0 Å². The fraction of sp³-hybridized carbons (Fsp3) is 0.250. The first-order valence-electron chi connectivity index (χ1n) is 5.15. The number of ether oxygens (including phenoxy) is 4. The first-order valence-corrected chi connectivity index (χ1v) is 5.15. The van der Waals surface area contributed by atoms with E-state index in [-0.39, 0.29) is 6.61 Å². The molecule has 0 N–H and O–H groups in total. The summed E-state index contributed by atoms with van der Waals surface area (Å²) in [6, 6.07) is 0. The monoisotopic (exact) mass is 268 g/mol. The van der Waals surface area contributed by atoms with E-state index in [0.717, 1.165) is 18.2 Å². The van der Waals surface area contributed by atoms with Gasteiger partial charge in [-0.05, 0) is 0 Å². The summed E-state index contributed by atoms with van der Waals surface area (Å²) in [5, 5.41) is 0. The zero-order chi connectivity index (χ0) is 14.5. The first-order chi connectivity index (χ1) is 8.97. The van der Waals surface area contributed by atoms with E-state index in [9.17, 15) is 14.4 Å². The van der Waals surface area contributed by atoms with Crippen LogP contribution in [0.1, 0.15) is 0 Å². The molecule has 1 heterocycles. The first kappa shape index (κ1) is 14.7. The fourth-order valence-electron chi connectivity index (χ4n) is 1.06. The molecule has 1 atom stereocenters. The van der Waals surface area contributed by atoms with Gasteiger partial charge in [0.15, 0.2) is 0 Å². The van der Waals surface area contributed by atoms with E-state index < -0.39 is 30.0 Å². The minimum atomic E-state index is -2.30. The van der Waals surface area contributed by atoms with Crippen molar-refractivity contribution in [1.82, 2.24) is 0 Å². The summed E-state index contributed by atoms with van der Waals surface area (Å²) in [7, 11) is 0. The van der Waals surface area contributed by atoms with E-state index in [0.29, 0.717) is 0 Å². The van der Waals surface area contributed by atoms with E-state index in [2.05, 4.69) is 19.7 Å². The second-order valence-electron chi connectivity index (χ2n) is 3.30. The summed E-state index contributed by atoms with van der Waals surface area (Å²) in [6.07, 6.45) is 1.55. The summed E-state index contributed by atoms with van der Waals surface area (Å²) in [6.45, 7) is 9.64. The van der Waals surface area contributed by atoms with Crippen molar-refractivity contribution in [1.29, 1.82) is 0 Å². The molecule has 0 amide bonds. The molecule has 1 saturated heterocycles. The summed E-state index contributed by atoms with van der Waals surface area (Å²) in [4.78, 5) is 33.8. The molecule has 0 aromatic heterocycles. The molecule has 7 nitrogen and oxygen atoms in total. The molecule has 1 unspecified atom stereocenters. The second-order valence-corrected chi connectivity index (χ2v) is 3.30. The number of carbonyl (C=O) groups is 3. The van der Waals surface area contributed by atoms with Gasteiger partial charge in [0.05, 0.1) is 6.61 Å². The average molecular weight is 268 g/mol. The number of epoxide rings is 1. The van der Waals surface area contributed by atoms with Crippen molar-refractivity contribution in [3.8, 4) is 0 Å². The lowest BCUT2D eigenvalue weighted by Gasteiger charge is -2.28. The van der Waals surface area contributed by atoms with Gasteiger partial charge in [0.25, 0.3) is 0 Å².